The molecular formula is C15H16N4OS. The van der Waals surface area contributed by atoms with Crippen LogP contribution in [0.1, 0.15) is 16.3 Å². The average molecular weight is 300 g/mol. The number of nitrogens with two attached hydrogens (primary N) is 1. The van der Waals surface area contributed by atoms with Gasteiger partial charge in [0, 0.05) is 23.9 Å². The maximum Gasteiger partial charge on any atom is 0.121 e. The molecule has 0 aliphatic carbocycles. The van der Waals surface area contributed by atoms with E-state index in [1.807, 2.05) is 35.0 Å². The predicted octanol–water partition coefficient (Wildman–Crippen LogP) is 2.39. The molecule has 108 valence electrons. The summed E-state index contributed by atoms with van der Waals surface area (Å²) in [5.41, 5.74) is 8.56. The second-order valence-corrected chi connectivity index (χ2v) is 5.59. The highest BCUT2D eigenvalue weighted by atomic mass is 32.1. The Morgan fingerprint density at radius 3 is 2.90 bits per heavy atom. The Kier molecular flexibility index (Phi) is 3.98. The van der Waals surface area contributed by atoms with Gasteiger partial charge < -0.3 is 10.5 Å². The summed E-state index contributed by atoms with van der Waals surface area (Å²) in [6, 6.07) is 11.9. The molecule has 0 saturated heterocycles. The van der Waals surface area contributed by atoms with Crippen LogP contribution >= 0.6 is 11.3 Å². The van der Waals surface area contributed by atoms with Crippen LogP contribution < -0.4 is 10.5 Å². The Morgan fingerprint density at radius 1 is 1.29 bits per heavy atom. The molecule has 0 aliphatic heterocycles. The van der Waals surface area contributed by atoms with Crippen molar-refractivity contribution in [3.8, 4) is 11.4 Å². The van der Waals surface area contributed by atoms with Gasteiger partial charge in [-0.1, -0.05) is 17.3 Å². The fraction of sp³-hybridized carbons (Fsp3) is 0.200. The maximum atomic E-state index is 5.79. The van der Waals surface area contributed by atoms with Crippen molar-refractivity contribution >= 4 is 11.3 Å². The summed E-state index contributed by atoms with van der Waals surface area (Å²) in [6.07, 6.45) is 0.772. The van der Waals surface area contributed by atoms with E-state index < -0.39 is 0 Å². The van der Waals surface area contributed by atoms with Crippen molar-refractivity contribution in [2.75, 3.05) is 7.11 Å². The van der Waals surface area contributed by atoms with E-state index in [1.165, 1.54) is 4.88 Å². The van der Waals surface area contributed by atoms with Crippen molar-refractivity contribution < 1.29 is 4.74 Å². The van der Waals surface area contributed by atoms with Gasteiger partial charge in [-0.2, -0.15) is 0 Å². The Morgan fingerprint density at radius 2 is 2.19 bits per heavy atom. The van der Waals surface area contributed by atoms with Crippen molar-refractivity contribution in [2.45, 2.75) is 13.0 Å². The van der Waals surface area contributed by atoms with Crippen molar-refractivity contribution in [2.24, 2.45) is 5.73 Å². The number of hydrogen-bond donors (Lipinski definition) is 1. The van der Waals surface area contributed by atoms with Crippen LogP contribution in [-0.4, -0.2) is 22.1 Å². The first kappa shape index (κ1) is 13.8. The molecule has 0 spiro atoms. The molecule has 0 aliphatic rings. The van der Waals surface area contributed by atoms with Crippen molar-refractivity contribution in [3.63, 3.8) is 0 Å². The Bertz CT molecular complexity index is 721. The zero-order valence-electron chi connectivity index (χ0n) is 11.7. The normalized spacial score (nSPS) is 10.8. The van der Waals surface area contributed by atoms with Gasteiger partial charge in [-0.05, 0) is 23.6 Å². The van der Waals surface area contributed by atoms with Crippen LogP contribution in [0.5, 0.6) is 5.75 Å². The molecule has 0 unspecified atom stereocenters. The monoisotopic (exact) mass is 300 g/mol. The number of benzene rings is 1. The highest BCUT2D eigenvalue weighted by molar-refractivity contribution is 7.09. The lowest BCUT2D eigenvalue weighted by Gasteiger charge is -2.08. The minimum atomic E-state index is 0.380. The number of ether oxygens (including phenoxy) is 1. The van der Waals surface area contributed by atoms with Crippen LogP contribution in [0.25, 0.3) is 5.69 Å². The number of rotatable bonds is 5. The minimum absolute atomic E-state index is 0.380. The molecule has 0 amide bonds. The van der Waals surface area contributed by atoms with Crippen LogP contribution in [0.2, 0.25) is 0 Å². The van der Waals surface area contributed by atoms with Gasteiger partial charge >= 0.3 is 0 Å². The summed E-state index contributed by atoms with van der Waals surface area (Å²) in [5, 5.41) is 10.5. The molecule has 1 aromatic carbocycles. The first-order valence-corrected chi connectivity index (χ1v) is 7.50. The van der Waals surface area contributed by atoms with E-state index in [-0.39, 0.29) is 0 Å². The van der Waals surface area contributed by atoms with E-state index in [1.54, 1.807) is 18.4 Å². The molecule has 21 heavy (non-hydrogen) atoms. The van der Waals surface area contributed by atoms with Crippen LogP contribution in [0.4, 0.5) is 0 Å². The van der Waals surface area contributed by atoms with Crippen molar-refractivity contribution in [3.05, 3.63) is 58.0 Å². The summed E-state index contributed by atoms with van der Waals surface area (Å²) < 4.78 is 7.11. The summed E-state index contributed by atoms with van der Waals surface area (Å²) in [7, 11) is 1.65. The number of thiophene rings is 1. The lowest BCUT2D eigenvalue weighted by atomic mass is 10.2. The molecule has 3 aromatic rings. The summed E-state index contributed by atoms with van der Waals surface area (Å²) in [4.78, 5) is 1.26. The zero-order valence-corrected chi connectivity index (χ0v) is 12.5. The molecule has 0 radical (unpaired) electrons. The molecule has 0 saturated carbocycles. The summed E-state index contributed by atoms with van der Waals surface area (Å²) in [6.45, 7) is 0.380. The van der Waals surface area contributed by atoms with Crippen LogP contribution in [0.3, 0.4) is 0 Å². The van der Waals surface area contributed by atoms with E-state index in [0.717, 1.165) is 29.2 Å². The Hall–Kier alpha value is -2.18. The third-order valence-electron chi connectivity index (χ3n) is 3.26. The molecule has 2 heterocycles. The molecule has 0 atom stereocenters. The Labute approximate surface area is 127 Å². The van der Waals surface area contributed by atoms with E-state index in [9.17, 15) is 0 Å². The highest BCUT2D eigenvalue weighted by Crippen LogP contribution is 2.22. The van der Waals surface area contributed by atoms with Gasteiger partial charge in [0.1, 0.15) is 11.4 Å². The SMILES string of the molecule is COc1cccc(-n2nnc(CN)c2Cc2cccs2)c1. The average Bonchev–Trinajstić information content (AvgIpc) is 3.17. The third kappa shape index (κ3) is 2.81. The van der Waals surface area contributed by atoms with Crippen LogP contribution in [0, 0.1) is 0 Å². The van der Waals surface area contributed by atoms with Gasteiger partial charge in [-0.3, -0.25) is 0 Å². The topological polar surface area (TPSA) is 66.0 Å². The fourth-order valence-corrected chi connectivity index (χ4v) is 2.91. The molecule has 0 bridgehead atoms. The predicted molar refractivity (Wildman–Crippen MR) is 82.9 cm³/mol. The van der Waals surface area contributed by atoms with E-state index >= 15 is 0 Å². The minimum Gasteiger partial charge on any atom is -0.497 e. The van der Waals surface area contributed by atoms with Gasteiger partial charge in [0.25, 0.3) is 0 Å². The van der Waals surface area contributed by atoms with Crippen molar-refractivity contribution in [1.29, 1.82) is 0 Å². The van der Waals surface area contributed by atoms with Crippen LogP contribution in [0.15, 0.2) is 41.8 Å². The molecule has 3 rings (SSSR count). The molecule has 2 N–H and O–H groups in total. The van der Waals surface area contributed by atoms with Gasteiger partial charge in [0.15, 0.2) is 0 Å². The fourth-order valence-electron chi connectivity index (χ4n) is 2.20. The van der Waals surface area contributed by atoms with E-state index in [2.05, 4.69) is 21.8 Å². The second kappa shape index (κ2) is 6.07. The van der Waals surface area contributed by atoms with Crippen LogP contribution in [-0.2, 0) is 13.0 Å². The van der Waals surface area contributed by atoms with Gasteiger partial charge in [-0.15, -0.1) is 16.4 Å². The lowest BCUT2D eigenvalue weighted by molar-refractivity contribution is 0.414. The molecule has 6 heteroatoms. The largest absolute Gasteiger partial charge is 0.497 e. The molecular weight excluding hydrogens is 284 g/mol. The number of aromatic nitrogens is 3. The first-order chi connectivity index (χ1) is 10.3. The van der Waals surface area contributed by atoms with Gasteiger partial charge in [-0.25, -0.2) is 4.68 Å². The second-order valence-electron chi connectivity index (χ2n) is 4.56. The molecule has 5 nitrogen and oxygen atoms in total. The number of hydrogen-bond acceptors (Lipinski definition) is 5. The van der Waals surface area contributed by atoms with Gasteiger partial charge in [0.05, 0.1) is 18.5 Å². The smallest absolute Gasteiger partial charge is 0.121 e. The van der Waals surface area contributed by atoms with Gasteiger partial charge in [0.2, 0.25) is 0 Å². The molecule has 2 aromatic heterocycles. The molecule has 0 fully saturated rings. The quantitative estimate of drug-likeness (QED) is 0.785. The number of methoxy groups -OCH3 is 1. The zero-order chi connectivity index (χ0) is 14.7. The number of nitrogens with zero attached hydrogens (tertiary/aromatic N) is 3. The standard InChI is InChI=1S/C15H16N4OS/c1-20-12-5-2-4-11(8-12)19-15(14(10-16)17-18-19)9-13-6-3-7-21-13/h2-8H,9-10,16H2,1H3. The third-order valence-corrected chi connectivity index (χ3v) is 4.13. The first-order valence-electron chi connectivity index (χ1n) is 6.62. The van der Waals surface area contributed by atoms with E-state index in [4.69, 9.17) is 10.5 Å². The van der Waals surface area contributed by atoms with Crippen molar-refractivity contribution in [1.82, 2.24) is 15.0 Å². The lowest BCUT2D eigenvalue weighted by Crippen LogP contribution is -2.06. The Balaban J connectivity index is 2.03. The summed E-state index contributed by atoms with van der Waals surface area (Å²) >= 11 is 1.72. The van der Waals surface area contributed by atoms with E-state index in [0.29, 0.717) is 6.54 Å². The highest BCUT2D eigenvalue weighted by Gasteiger charge is 2.14. The summed E-state index contributed by atoms with van der Waals surface area (Å²) in [5.74, 6) is 0.791. The maximum absolute atomic E-state index is 5.79.